The minimum Gasteiger partial charge on any atom is -0.293 e. The highest BCUT2D eigenvalue weighted by atomic mass is 16.1. The van der Waals surface area contributed by atoms with Crippen molar-refractivity contribution in [2.24, 2.45) is 0 Å². The van der Waals surface area contributed by atoms with Gasteiger partial charge in [-0.1, -0.05) is 37.3 Å². The van der Waals surface area contributed by atoms with E-state index in [0.29, 0.717) is 0 Å². The number of carbonyl (C=O) groups is 1. The second kappa shape index (κ2) is 4.96. The number of pyridine rings is 1. The van der Waals surface area contributed by atoms with Crippen LogP contribution in [-0.4, -0.2) is 10.8 Å². The van der Waals surface area contributed by atoms with Crippen LogP contribution < -0.4 is 0 Å². The molecule has 1 aliphatic carbocycles. The molecule has 0 fully saturated rings. The first kappa shape index (κ1) is 12.1. The third-order valence-electron chi connectivity index (χ3n) is 3.94. The van der Waals surface area contributed by atoms with Gasteiger partial charge < -0.3 is 0 Å². The van der Waals surface area contributed by atoms with E-state index in [9.17, 15) is 4.79 Å². The van der Waals surface area contributed by atoms with E-state index in [1.165, 1.54) is 5.56 Å². The number of aromatic nitrogens is 1. The first-order chi connectivity index (χ1) is 9.31. The maximum atomic E-state index is 12.7. The maximum Gasteiger partial charge on any atom is 0.172 e. The smallest absolute Gasteiger partial charge is 0.172 e. The summed E-state index contributed by atoms with van der Waals surface area (Å²) in [4.78, 5) is 17.2. The van der Waals surface area contributed by atoms with Gasteiger partial charge in [-0.05, 0) is 36.5 Å². The molecule has 0 saturated heterocycles. The molecular weight excluding hydrogens is 234 g/mol. The van der Waals surface area contributed by atoms with Crippen molar-refractivity contribution in [3.8, 4) is 0 Å². The zero-order valence-corrected chi connectivity index (χ0v) is 11.1. The Balaban J connectivity index is 1.98. The number of aryl methyl sites for hydroxylation is 2. The Morgan fingerprint density at radius 1 is 1.26 bits per heavy atom. The molecule has 2 aromatic rings. The van der Waals surface area contributed by atoms with E-state index >= 15 is 0 Å². The average Bonchev–Trinajstić information content (AvgIpc) is 2.90. The van der Waals surface area contributed by atoms with Gasteiger partial charge >= 0.3 is 0 Å². The minimum atomic E-state index is -0.0519. The van der Waals surface area contributed by atoms with Gasteiger partial charge in [0.15, 0.2) is 5.78 Å². The summed E-state index contributed by atoms with van der Waals surface area (Å²) in [5.74, 6) is 0.179. The van der Waals surface area contributed by atoms with Gasteiger partial charge in [0.2, 0.25) is 0 Å². The van der Waals surface area contributed by atoms with Crippen LogP contribution in [0, 0.1) is 0 Å². The SMILES string of the molecule is CCc1ccccc1C(=O)C1CCc2cccnc21. The number of ketones is 1. The Labute approximate surface area is 113 Å². The van der Waals surface area contributed by atoms with Crippen LogP contribution in [0.4, 0.5) is 0 Å². The van der Waals surface area contributed by atoms with Crippen molar-refractivity contribution in [3.63, 3.8) is 0 Å². The lowest BCUT2D eigenvalue weighted by Gasteiger charge is -2.12. The summed E-state index contributed by atoms with van der Waals surface area (Å²) in [6, 6.07) is 12.0. The molecule has 1 atom stereocenters. The molecular formula is C17H17NO. The fraction of sp³-hybridized carbons (Fsp3) is 0.294. The molecule has 3 rings (SSSR count). The molecule has 0 spiro atoms. The third-order valence-corrected chi connectivity index (χ3v) is 3.94. The molecule has 1 heterocycles. The van der Waals surface area contributed by atoms with Crippen LogP contribution in [0.2, 0.25) is 0 Å². The second-order valence-electron chi connectivity index (χ2n) is 5.01. The van der Waals surface area contributed by atoms with E-state index in [1.807, 2.05) is 30.3 Å². The Bertz CT molecular complexity index is 618. The minimum absolute atomic E-state index is 0.0519. The highest BCUT2D eigenvalue weighted by Gasteiger charge is 2.31. The highest BCUT2D eigenvalue weighted by molar-refractivity contribution is 6.02. The molecule has 0 radical (unpaired) electrons. The van der Waals surface area contributed by atoms with Gasteiger partial charge in [-0.15, -0.1) is 0 Å². The number of rotatable bonds is 3. The molecule has 1 aromatic heterocycles. The summed E-state index contributed by atoms with van der Waals surface area (Å²) < 4.78 is 0. The van der Waals surface area contributed by atoms with E-state index in [0.717, 1.165) is 36.1 Å². The van der Waals surface area contributed by atoms with Crippen molar-refractivity contribution in [3.05, 3.63) is 65.0 Å². The Morgan fingerprint density at radius 3 is 2.95 bits per heavy atom. The van der Waals surface area contributed by atoms with Gasteiger partial charge in [0.1, 0.15) is 0 Å². The fourth-order valence-electron chi connectivity index (χ4n) is 2.92. The highest BCUT2D eigenvalue weighted by Crippen LogP contribution is 2.34. The summed E-state index contributed by atoms with van der Waals surface area (Å²) in [5.41, 5.74) is 4.22. The number of nitrogens with zero attached hydrogens (tertiary/aromatic N) is 1. The lowest BCUT2D eigenvalue weighted by molar-refractivity contribution is 0.0957. The number of Topliss-reactive ketones (excluding diaryl/α,β-unsaturated/α-hetero) is 1. The van der Waals surface area contributed by atoms with Crippen molar-refractivity contribution < 1.29 is 4.79 Å². The van der Waals surface area contributed by atoms with Crippen molar-refractivity contribution >= 4 is 5.78 Å². The largest absolute Gasteiger partial charge is 0.293 e. The van der Waals surface area contributed by atoms with Crippen LogP contribution in [0.1, 0.15) is 46.4 Å². The molecule has 0 saturated carbocycles. The van der Waals surface area contributed by atoms with Gasteiger partial charge in [-0.2, -0.15) is 0 Å². The van der Waals surface area contributed by atoms with Crippen LogP contribution in [0.25, 0.3) is 0 Å². The van der Waals surface area contributed by atoms with E-state index in [4.69, 9.17) is 0 Å². The summed E-state index contributed by atoms with van der Waals surface area (Å²) in [7, 11) is 0. The third kappa shape index (κ3) is 2.07. The molecule has 19 heavy (non-hydrogen) atoms. The summed E-state index contributed by atoms with van der Waals surface area (Å²) >= 11 is 0. The molecule has 0 bridgehead atoms. The molecule has 1 aliphatic rings. The first-order valence-electron chi connectivity index (χ1n) is 6.87. The van der Waals surface area contributed by atoms with E-state index in [-0.39, 0.29) is 11.7 Å². The van der Waals surface area contributed by atoms with Crippen LogP contribution in [0.3, 0.4) is 0 Å². The number of fused-ring (bicyclic) bond motifs is 1. The Hall–Kier alpha value is -1.96. The topological polar surface area (TPSA) is 30.0 Å². The number of hydrogen-bond acceptors (Lipinski definition) is 2. The summed E-state index contributed by atoms with van der Waals surface area (Å²) in [6.07, 6.45) is 4.54. The van der Waals surface area contributed by atoms with Gasteiger partial charge in [-0.3, -0.25) is 9.78 Å². The molecule has 96 valence electrons. The monoisotopic (exact) mass is 251 g/mol. The summed E-state index contributed by atoms with van der Waals surface area (Å²) in [6.45, 7) is 2.09. The first-order valence-corrected chi connectivity index (χ1v) is 6.87. The van der Waals surface area contributed by atoms with Crippen LogP contribution in [0.15, 0.2) is 42.6 Å². The molecule has 0 aliphatic heterocycles. The molecule has 2 nitrogen and oxygen atoms in total. The van der Waals surface area contributed by atoms with Crippen molar-refractivity contribution in [2.45, 2.75) is 32.1 Å². The zero-order valence-electron chi connectivity index (χ0n) is 11.1. The van der Waals surface area contributed by atoms with E-state index in [2.05, 4.69) is 18.0 Å². The number of benzene rings is 1. The number of carbonyl (C=O) groups excluding carboxylic acids is 1. The number of hydrogen-bond donors (Lipinski definition) is 0. The Kier molecular flexibility index (Phi) is 3.16. The Morgan fingerprint density at radius 2 is 2.11 bits per heavy atom. The standard InChI is InChI=1S/C17H17NO/c1-2-12-6-3-4-8-14(12)17(19)15-10-9-13-7-5-11-18-16(13)15/h3-8,11,15H,2,9-10H2,1H3. The molecule has 1 aromatic carbocycles. The van der Waals surface area contributed by atoms with Gasteiger partial charge in [0.05, 0.1) is 11.6 Å². The predicted octanol–water partition coefficient (Wildman–Crippen LogP) is 3.56. The van der Waals surface area contributed by atoms with Crippen LogP contribution in [0.5, 0.6) is 0 Å². The predicted molar refractivity (Wildman–Crippen MR) is 75.4 cm³/mol. The maximum absolute atomic E-state index is 12.7. The lowest BCUT2D eigenvalue weighted by atomic mass is 9.91. The zero-order chi connectivity index (χ0) is 13.2. The molecule has 1 unspecified atom stereocenters. The lowest BCUT2D eigenvalue weighted by Crippen LogP contribution is -2.13. The van der Waals surface area contributed by atoms with E-state index in [1.54, 1.807) is 6.20 Å². The van der Waals surface area contributed by atoms with Crippen molar-refractivity contribution in [1.29, 1.82) is 0 Å². The molecule has 0 N–H and O–H groups in total. The van der Waals surface area contributed by atoms with Crippen molar-refractivity contribution in [1.82, 2.24) is 4.98 Å². The normalized spacial score (nSPS) is 17.2. The van der Waals surface area contributed by atoms with E-state index < -0.39 is 0 Å². The molecule has 0 amide bonds. The van der Waals surface area contributed by atoms with Gasteiger partial charge in [0.25, 0.3) is 0 Å². The average molecular weight is 251 g/mol. The van der Waals surface area contributed by atoms with Crippen molar-refractivity contribution in [2.75, 3.05) is 0 Å². The summed E-state index contributed by atoms with van der Waals surface area (Å²) in [5, 5.41) is 0. The van der Waals surface area contributed by atoms with Crippen LogP contribution >= 0.6 is 0 Å². The molecule has 2 heteroatoms. The van der Waals surface area contributed by atoms with Gasteiger partial charge in [0, 0.05) is 11.8 Å². The second-order valence-corrected chi connectivity index (χ2v) is 5.01. The van der Waals surface area contributed by atoms with Gasteiger partial charge in [-0.25, -0.2) is 0 Å². The van der Waals surface area contributed by atoms with Crippen LogP contribution in [-0.2, 0) is 12.8 Å². The quantitative estimate of drug-likeness (QED) is 0.781. The fourth-order valence-corrected chi connectivity index (χ4v) is 2.92.